The minimum Gasteiger partial charge on any atom is -0.496 e. The predicted octanol–water partition coefficient (Wildman–Crippen LogP) is 3.51. The SMILES string of the molecule is COc1ccccc1CCNC(=O)COC(=O)c1ccc(C(C)(C)C)cc1. The molecule has 144 valence electrons. The first-order chi connectivity index (χ1) is 12.8. The van der Waals surface area contributed by atoms with Gasteiger partial charge in [-0.05, 0) is 41.2 Å². The minimum atomic E-state index is -0.504. The van der Waals surface area contributed by atoms with Crippen molar-refractivity contribution in [1.82, 2.24) is 5.32 Å². The van der Waals surface area contributed by atoms with E-state index in [1.807, 2.05) is 36.4 Å². The molecule has 5 heteroatoms. The third-order valence-corrected chi connectivity index (χ3v) is 4.23. The molecule has 0 spiro atoms. The molecule has 0 aliphatic carbocycles. The van der Waals surface area contributed by atoms with Crippen LogP contribution in [0, 0.1) is 0 Å². The number of hydrogen-bond donors (Lipinski definition) is 1. The summed E-state index contributed by atoms with van der Waals surface area (Å²) in [4.78, 5) is 24.0. The maximum Gasteiger partial charge on any atom is 0.338 e. The molecule has 2 rings (SSSR count). The topological polar surface area (TPSA) is 64.6 Å². The van der Waals surface area contributed by atoms with Crippen LogP contribution in [0.1, 0.15) is 42.3 Å². The number of nitrogens with one attached hydrogen (secondary N) is 1. The van der Waals surface area contributed by atoms with Crippen LogP contribution in [0.3, 0.4) is 0 Å². The van der Waals surface area contributed by atoms with Gasteiger partial charge in [-0.1, -0.05) is 51.1 Å². The minimum absolute atomic E-state index is 0.0176. The summed E-state index contributed by atoms with van der Waals surface area (Å²) in [6.45, 7) is 6.46. The molecular weight excluding hydrogens is 342 g/mol. The Morgan fingerprint density at radius 3 is 2.30 bits per heavy atom. The van der Waals surface area contributed by atoms with Gasteiger partial charge in [-0.15, -0.1) is 0 Å². The van der Waals surface area contributed by atoms with Crippen LogP contribution in [-0.4, -0.2) is 32.1 Å². The van der Waals surface area contributed by atoms with Gasteiger partial charge in [0.15, 0.2) is 6.61 Å². The lowest BCUT2D eigenvalue weighted by Gasteiger charge is -2.18. The lowest BCUT2D eigenvalue weighted by Crippen LogP contribution is -2.30. The summed E-state index contributed by atoms with van der Waals surface area (Å²) in [6.07, 6.45) is 0.637. The molecule has 0 bridgehead atoms. The van der Waals surface area contributed by atoms with Gasteiger partial charge in [0.2, 0.25) is 0 Å². The number of amides is 1. The molecule has 0 saturated heterocycles. The highest BCUT2D eigenvalue weighted by Crippen LogP contribution is 2.22. The predicted molar refractivity (Wildman–Crippen MR) is 105 cm³/mol. The van der Waals surface area contributed by atoms with Crippen LogP contribution in [0.2, 0.25) is 0 Å². The van der Waals surface area contributed by atoms with Crippen molar-refractivity contribution in [2.24, 2.45) is 0 Å². The van der Waals surface area contributed by atoms with E-state index >= 15 is 0 Å². The van der Waals surface area contributed by atoms with Crippen LogP contribution in [0.25, 0.3) is 0 Å². The molecule has 0 saturated carbocycles. The lowest BCUT2D eigenvalue weighted by atomic mass is 9.87. The third kappa shape index (κ3) is 6.13. The zero-order valence-electron chi connectivity index (χ0n) is 16.4. The molecule has 1 N–H and O–H groups in total. The Kier molecular flexibility index (Phi) is 6.99. The summed E-state index contributed by atoms with van der Waals surface area (Å²) < 4.78 is 10.4. The zero-order chi connectivity index (χ0) is 19.9. The van der Waals surface area contributed by atoms with Crippen LogP contribution in [0.15, 0.2) is 48.5 Å². The van der Waals surface area contributed by atoms with Crippen molar-refractivity contribution in [3.05, 3.63) is 65.2 Å². The Hall–Kier alpha value is -2.82. The fourth-order valence-corrected chi connectivity index (χ4v) is 2.62. The van der Waals surface area contributed by atoms with Crippen LogP contribution >= 0.6 is 0 Å². The van der Waals surface area contributed by atoms with Crippen molar-refractivity contribution in [1.29, 1.82) is 0 Å². The molecule has 2 aromatic carbocycles. The second-order valence-electron chi connectivity index (χ2n) is 7.32. The molecule has 5 nitrogen and oxygen atoms in total. The van der Waals surface area contributed by atoms with E-state index in [0.29, 0.717) is 18.5 Å². The van der Waals surface area contributed by atoms with Crippen molar-refractivity contribution >= 4 is 11.9 Å². The number of rotatable bonds is 7. The average Bonchev–Trinajstić information content (AvgIpc) is 2.66. The molecule has 0 aliphatic heterocycles. The molecule has 1 amide bonds. The van der Waals surface area contributed by atoms with Crippen molar-refractivity contribution in [2.45, 2.75) is 32.6 Å². The summed E-state index contributed by atoms with van der Waals surface area (Å²) >= 11 is 0. The van der Waals surface area contributed by atoms with E-state index in [2.05, 4.69) is 26.1 Å². The van der Waals surface area contributed by atoms with E-state index in [1.54, 1.807) is 19.2 Å². The van der Waals surface area contributed by atoms with E-state index in [0.717, 1.165) is 16.9 Å². The lowest BCUT2D eigenvalue weighted by molar-refractivity contribution is -0.124. The van der Waals surface area contributed by atoms with Crippen LogP contribution in [0.4, 0.5) is 0 Å². The summed E-state index contributed by atoms with van der Waals surface area (Å²) in [6, 6.07) is 14.9. The fourth-order valence-electron chi connectivity index (χ4n) is 2.62. The average molecular weight is 369 g/mol. The van der Waals surface area contributed by atoms with Crippen LogP contribution in [0.5, 0.6) is 5.75 Å². The van der Waals surface area contributed by atoms with Gasteiger partial charge in [0.05, 0.1) is 12.7 Å². The molecule has 0 aliphatic rings. The Labute approximate surface area is 160 Å². The summed E-state index contributed by atoms with van der Waals surface area (Å²) in [7, 11) is 1.62. The molecule has 2 aromatic rings. The largest absolute Gasteiger partial charge is 0.496 e. The van der Waals surface area contributed by atoms with E-state index < -0.39 is 5.97 Å². The van der Waals surface area contributed by atoms with E-state index in [-0.39, 0.29) is 17.9 Å². The van der Waals surface area contributed by atoms with Gasteiger partial charge in [-0.2, -0.15) is 0 Å². The third-order valence-electron chi connectivity index (χ3n) is 4.23. The van der Waals surface area contributed by atoms with E-state index in [1.165, 1.54) is 0 Å². The first-order valence-electron chi connectivity index (χ1n) is 8.97. The van der Waals surface area contributed by atoms with Crippen molar-refractivity contribution in [3.8, 4) is 5.75 Å². The first-order valence-corrected chi connectivity index (χ1v) is 8.97. The molecule has 0 atom stereocenters. The number of benzene rings is 2. The van der Waals surface area contributed by atoms with Crippen molar-refractivity contribution in [3.63, 3.8) is 0 Å². The molecule has 0 heterocycles. The van der Waals surface area contributed by atoms with E-state index in [4.69, 9.17) is 9.47 Å². The molecule has 27 heavy (non-hydrogen) atoms. The second kappa shape index (κ2) is 9.21. The van der Waals surface area contributed by atoms with Gasteiger partial charge in [0, 0.05) is 6.54 Å². The standard InChI is InChI=1S/C22H27NO4/c1-22(2,3)18-11-9-17(10-12-18)21(25)27-15-20(24)23-14-13-16-7-5-6-8-19(16)26-4/h5-12H,13-15H2,1-4H3,(H,23,24). The van der Waals surface area contributed by atoms with Gasteiger partial charge < -0.3 is 14.8 Å². The number of para-hydroxylation sites is 1. The Morgan fingerprint density at radius 1 is 1.00 bits per heavy atom. The number of hydrogen-bond acceptors (Lipinski definition) is 4. The Balaban J connectivity index is 1.77. The summed E-state index contributed by atoms with van der Waals surface area (Å²) in [5, 5.41) is 2.75. The fraction of sp³-hybridized carbons (Fsp3) is 0.364. The molecular formula is C22H27NO4. The van der Waals surface area contributed by atoms with Gasteiger partial charge in [-0.3, -0.25) is 4.79 Å². The monoisotopic (exact) mass is 369 g/mol. The highest BCUT2D eigenvalue weighted by molar-refractivity contribution is 5.91. The van der Waals surface area contributed by atoms with Gasteiger partial charge >= 0.3 is 5.97 Å². The number of carbonyl (C=O) groups excluding carboxylic acids is 2. The maximum atomic E-state index is 12.1. The maximum absolute atomic E-state index is 12.1. The first kappa shape index (κ1) is 20.5. The molecule has 0 fully saturated rings. The Morgan fingerprint density at radius 2 is 1.67 bits per heavy atom. The Bertz CT molecular complexity index is 776. The van der Waals surface area contributed by atoms with Crippen molar-refractivity contribution < 1.29 is 19.1 Å². The molecule has 0 radical (unpaired) electrons. The quantitative estimate of drug-likeness (QED) is 0.759. The van der Waals surface area contributed by atoms with Crippen LogP contribution < -0.4 is 10.1 Å². The van der Waals surface area contributed by atoms with Gasteiger partial charge in [-0.25, -0.2) is 4.79 Å². The van der Waals surface area contributed by atoms with Crippen LogP contribution in [-0.2, 0) is 21.4 Å². The van der Waals surface area contributed by atoms with Gasteiger partial charge in [0.1, 0.15) is 5.75 Å². The smallest absolute Gasteiger partial charge is 0.338 e. The highest BCUT2D eigenvalue weighted by atomic mass is 16.5. The number of methoxy groups -OCH3 is 1. The summed E-state index contributed by atoms with van der Waals surface area (Å²) in [5.41, 5.74) is 2.60. The highest BCUT2D eigenvalue weighted by Gasteiger charge is 2.15. The summed E-state index contributed by atoms with van der Waals surface area (Å²) in [5.74, 6) is -0.0447. The normalized spacial score (nSPS) is 11.0. The van der Waals surface area contributed by atoms with E-state index in [9.17, 15) is 9.59 Å². The second-order valence-corrected chi connectivity index (χ2v) is 7.32. The number of ether oxygens (including phenoxy) is 2. The van der Waals surface area contributed by atoms with Gasteiger partial charge in [0.25, 0.3) is 5.91 Å². The number of carbonyl (C=O) groups is 2. The van der Waals surface area contributed by atoms with Crippen molar-refractivity contribution in [2.75, 3.05) is 20.3 Å². The molecule has 0 unspecified atom stereocenters. The zero-order valence-corrected chi connectivity index (χ0v) is 16.4. The number of esters is 1. The molecule has 0 aromatic heterocycles.